The zero-order valence-corrected chi connectivity index (χ0v) is 9.87. The lowest BCUT2D eigenvalue weighted by molar-refractivity contribution is 0.400. The fourth-order valence-corrected chi connectivity index (χ4v) is 1.95. The second-order valence-electron chi connectivity index (χ2n) is 3.90. The Morgan fingerprint density at radius 1 is 1.28 bits per heavy atom. The van der Waals surface area contributed by atoms with Crippen molar-refractivity contribution in [2.45, 2.75) is 0 Å². The molecule has 0 aliphatic carbocycles. The molecule has 2 aromatic heterocycles. The van der Waals surface area contributed by atoms with E-state index < -0.39 is 0 Å². The Hall–Kier alpha value is -2.56. The molecule has 2 heterocycles. The number of nitrogens with two attached hydrogens (primary N) is 1. The van der Waals surface area contributed by atoms with E-state index in [9.17, 15) is 0 Å². The van der Waals surface area contributed by atoms with Crippen LogP contribution in [-0.2, 0) is 0 Å². The van der Waals surface area contributed by atoms with Crippen LogP contribution in [-0.4, -0.2) is 21.5 Å². The van der Waals surface area contributed by atoms with Gasteiger partial charge in [0.25, 0.3) is 5.88 Å². The maximum absolute atomic E-state index is 5.80. The van der Waals surface area contributed by atoms with Gasteiger partial charge in [-0.15, -0.1) is 0 Å². The molecule has 0 bridgehead atoms. The van der Waals surface area contributed by atoms with E-state index in [0.717, 1.165) is 16.9 Å². The molecule has 0 saturated carbocycles. The highest BCUT2D eigenvalue weighted by atomic mass is 16.5. The molecule has 0 saturated heterocycles. The van der Waals surface area contributed by atoms with E-state index in [-0.39, 0.29) is 0 Å². The van der Waals surface area contributed by atoms with Crippen molar-refractivity contribution in [3.63, 3.8) is 0 Å². The summed E-state index contributed by atoms with van der Waals surface area (Å²) in [6, 6.07) is 7.68. The van der Waals surface area contributed by atoms with Gasteiger partial charge in [-0.05, 0) is 12.1 Å². The van der Waals surface area contributed by atoms with Gasteiger partial charge >= 0.3 is 0 Å². The summed E-state index contributed by atoms with van der Waals surface area (Å²) in [5, 5.41) is 0. The smallest absolute Gasteiger partial charge is 0.258 e. The average Bonchev–Trinajstić information content (AvgIpc) is 2.82. The Morgan fingerprint density at radius 2 is 2.17 bits per heavy atom. The number of rotatable bonds is 2. The summed E-state index contributed by atoms with van der Waals surface area (Å²) < 4.78 is 7.11. The SMILES string of the molecule is COc1nccn2c(-c3cccc(N)c3)cnc12. The average molecular weight is 240 g/mol. The van der Waals surface area contributed by atoms with E-state index in [1.54, 1.807) is 19.5 Å². The molecule has 1 aromatic carbocycles. The number of methoxy groups -OCH3 is 1. The number of benzene rings is 1. The third-order valence-corrected chi connectivity index (χ3v) is 2.77. The highest BCUT2D eigenvalue weighted by molar-refractivity contribution is 5.68. The standard InChI is InChI=1S/C13H12N4O/c1-18-13-12-16-8-11(17(12)6-5-15-13)9-3-2-4-10(14)7-9/h2-8H,14H2,1H3. The number of fused-ring (bicyclic) bond motifs is 1. The van der Waals surface area contributed by atoms with Gasteiger partial charge in [-0.1, -0.05) is 12.1 Å². The number of hydrogen-bond donors (Lipinski definition) is 1. The summed E-state index contributed by atoms with van der Waals surface area (Å²) in [6.45, 7) is 0. The van der Waals surface area contributed by atoms with Crippen LogP contribution in [0.15, 0.2) is 42.9 Å². The molecule has 0 spiro atoms. The molecule has 0 radical (unpaired) electrons. The topological polar surface area (TPSA) is 65.4 Å². The highest BCUT2D eigenvalue weighted by Crippen LogP contribution is 2.25. The Labute approximate surface area is 104 Å². The van der Waals surface area contributed by atoms with E-state index >= 15 is 0 Å². The van der Waals surface area contributed by atoms with Gasteiger partial charge in [-0.3, -0.25) is 4.40 Å². The number of nitrogens with zero attached hydrogens (tertiary/aromatic N) is 3. The van der Waals surface area contributed by atoms with Crippen molar-refractivity contribution in [2.24, 2.45) is 0 Å². The highest BCUT2D eigenvalue weighted by Gasteiger charge is 2.10. The third-order valence-electron chi connectivity index (χ3n) is 2.77. The predicted octanol–water partition coefficient (Wildman–Crippen LogP) is 1.99. The fourth-order valence-electron chi connectivity index (χ4n) is 1.95. The molecule has 5 nitrogen and oxygen atoms in total. The number of aromatic nitrogens is 3. The predicted molar refractivity (Wildman–Crippen MR) is 69.4 cm³/mol. The monoisotopic (exact) mass is 240 g/mol. The summed E-state index contributed by atoms with van der Waals surface area (Å²) in [4.78, 5) is 8.45. The van der Waals surface area contributed by atoms with Crippen LogP contribution in [0.4, 0.5) is 5.69 Å². The normalized spacial score (nSPS) is 10.7. The molecular weight excluding hydrogens is 228 g/mol. The quantitative estimate of drug-likeness (QED) is 0.696. The van der Waals surface area contributed by atoms with E-state index in [1.807, 2.05) is 34.9 Å². The molecule has 3 rings (SSSR count). The van der Waals surface area contributed by atoms with Crippen LogP contribution in [0, 0.1) is 0 Å². The van der Waals surface area contributed by atoms with E-state index in [4.69, 9.17) is 10.5 Å². The number of ether oxygens (including phenoxy) is 1. The van der Waals surface area contributed by atoms with Crippen LogP contribution in [0.25, 0.3) is 16.9 Å². The Balaban J connectivity index is 2.25. The van der Waals surface area contributed by atoms with Gasteiger partial charge in [0.2, 0.25) is 5.65 Å². The molecule has 18 heavy (non-hydrogen) atoms. The summed E-state index contributed by atoms with van der Waals surface area (Å²) in [7, 11) is 1.58. The van der Waals surface area contributed by atoms with Crippen LogP contribution < -0.4 is 10.5 Å². The molecule has 3 aromatic rings. The van der Waals surface area contributed by atoms with Crippen molar-refractivity contribution < 1.29 is 4.74 Å². The third kappa shape index (κ3) is 1.57. The van der Waals surface area contributed by atoms with Crippen molar-refractivity contribution >= 4 is 11.3 Å². The second kappa shape index (κ2) is 4.03. The molecule has 2 N–H and O–H groups in total. The minimum Gasteiger partial charge on any atom is -0.478 e. The zero-order valence-electron chi connectivity index (χ0n) is 9.87. The van der Waals surface area contributed by atoms with Crippen LogP contribution >= 0.6 is 0 Å². The van der Waals surface area contributed by atoms with Gasteiger partial charge in [0, 0.05) is 23.6 Å². The van der Waals surface area contributed by atoms with Crippen LogP contribution in [0.3, 0.4) is 0 Å². The lowest BCUT2D eigenvalue weighted by atomic mass is 10.1. The van der Waals surface area contributed by atoms with Gasteiger partial charge < -0.3 is 10.5 Å². The number of imidazole rings is 1. The van der Waals surface area contributed by atoms with Crippen LogP contribution in [0.2, 0.25) is 0 Å². The Kier molecular flexibility index (Phi) is 2.37. The van der Waals surface area contributed by atoms with Gasteiger partial charge in [0.15, 0.2) is 0 Å². The van der Waals surface area contributed by atoms with Crippen LogP contribution in [0.5, 0.6) is 5.88 Å². The van der Waals surface area contributed by atoms with Gasteiger partial charge in [-0.2, -0.15) is 0 Å². The summed E-state index contributed by atoms with van der Waals surface area (Å²) in [6.07, 6.45) is 5.32. The van der Waals surface area contributed by atoms with Crippen LogP contribution in [0.1, 0.15) is 0 Å². The van der Waals surface area contributed by atoms with E-state index in [1.165, 1.54) is 0 Å². The maximum atomic E-state index is 5.80. The fraction of sp³-hybridized carbons (Fsp3) is 0.0769. The molecule has 0 unspecified atom stereocenters. The zero-order chi connectivity index (χ0) is 12.5. The molecule has 5 heteroatoms. The molecular formula is C13H12N4O. The molecule has 0 atom stereocenters. The number of nitrogen functional groups attached to an aromatic ring is 1. The maximum Gasteiger partial charge on any atom is 0.258 e. The van der Waals surface area contributed by atoms with Gasteiger partial charge in [-0.25, -0.2) is 9.97 Å². The number of hydrogen-bond acceptors (Lipinski definition) is 4. The first-order valence-electron chi connectivity index (χ1n) is 5.51. The van der Waals surface area contributed by atoms with E-state index in [2.05, 4.69) is 9.97 Å². The van der Waals surface area contributed by atoms with Crippen molar-refractivity contribution in [3.05, 3.63) is 42.9 Å². The second-order valence-corrected chi connectivity index (χ2v) is 3.90. The largest absolute Gasteiger partial charge is 0.478 e. The van der Waals surface area contributed by atoms with Crippen molar-refractivity contribution in [1.82, 2.24) is 14.4 Å². The lowest BCUT2D eigenvalue weighted by Crippen LogP contribution is -1.94. The van der Waals surface area contributed by atoms with Gasteiger partial charge in [0.05, 0.1) is 19.0 Å². The molecule has 90 valence electrons. The lowest BCUT2D eigenvalue weighted by Gasteiger charge is -2.04. The first-order chi connectivity index (χ1) is 8.79. The molecule has 0 aliphatic heterocycles. The molecule has 0 fully saturated rings. The summed E-state index contributed by atoms with van der Waals surface area (Å²) in [5.74, 6) is 0.507. The Bertz CT molecular complexity index is 705. The Morgan fingerprint density at radius 3 is 2.94 bits per heavy atom. The van der Waals surface area contributed by atoms with Gasteiger partial charge in [0.1, 0.15) is 0 Å². The minimum atomic E-state index is 0.507. The first-order valence-corrected chi connectivity index (χ1v) is 5.51. The van der Waals surface area contributed by atoms with Crippen molar-refractivity contribution in [2.75, 3.05) is 12.8 Å². The summed E-state index contributed by atoms with van der Waals surface area (Å²) in [5.41, 5.74) is 9.18. The van der Waals surface area contributed by atoms with Crippen molar-refractivity contribution in [1.29, 1.82) is 0 Å². The van der Waals surface area contributed by atoms with E-state index in [0.29, 0.717) is 11.5 Å². The number of anilines is 1. The molecule has 0 aliphatic rings. The first kappa shape index (κ1) is 10.6. The van der Waals surface area contributed by atoms with Crippen molar-refractivity contribution in [3.8, 4) is 17.1 Å². The minimum absolute atomic E-state index is 0.507. The molecule has 0 amide bonds. The summed E-state index contributed by atoms with van der Waals surface area (Å²) >= 11 is 0.